The van der Waals surface area contributed by atoms with Gasteiger partial charge in [0.05, 0.1) is 24.1 Å². The zero-order chi connectivity index (χ0) is 20.0. The molecule has 0 bridgehead atoms. The van der Waals surface area contributed by atoms with Crippen LogP contribution in [0.25, 0.3) is 0 Å². The quantitative estimate of drug-likeness (QED) is 0.580. The van der Waals surface area contributed by atoms with E-state index in [-0.39, 0.29) is 30.6 Å². The molecule has 0 aromatic carbocycles. The van der Waals surface area contributed by atoms with Crippen LogP contribution in [-0.2, 0) is 11.3 Å². The molecule has 152 valence electrons. The first kappa shape index (κ1) is 21.2. The summed E-state index contributed by atoms with van der Waals surface area (Å²) < 4.78 is 1.98. The Hall–Kier alpha value is -2.09. The van der Waals surface area contributed by atoms with E-state index < -0.39 is 5.97 Å². The van der Waals surface area contributed by atoms with Crippen LogP contribution in [0.15, 0.2) is 6.20 Å². The fraction of sp³-hybridized carbons (Fsp3) is 0.737. The number of unbranched alkanes of at least 4 members (excludes halogenated alkanes) is 1. The van der Waals surface area contributed by atoms with Crippen molar-refractivity contribution < 1.29 is 14.7 Å². The number of amides is 2. The Morgan fingerprint density at radius 3 is 2.63 bits per heavy atom. The van der Waals surface area contributed by atoms with Crippen LogP contribution in [0.1, 0.15) is 65.0 Å². The molecule has 1 saturated carbocycles. The van der Waals surface area contributed by atoms with Crippen molar-refractivity contribution in [2.45, 2.75) is 77.9 Å². The fourth-order valence-corrected chi connectivity index (χ4v) is 3.61. The van der Waals surface area contributed by atoms with Crippen molar-refractivity contribution in [2.75, 3.05) is 18.4 Å². The topological polar surface area (TPSA) is 99.5 Å². The van der Waals surface area contributed by atoms with Crippen LogP contribution in [0, 0.1) is 0 Å². The van der Waals surface area contributed by atoms with Gasteiger partial charge in [0.25, 0.3) is 0 Å². The van der Waals surface area contributed by atoms with Crippen molar-refractivity contribution in [3.63, 3.8) is 0 Å². The lowest BCUT2D eigenvalue weighted by Crippen LogP contribution is -2.55. The van der Waals surface area contributed by atoms with Gasteiger partial charge in [-0.1, -0.05) is 34.1 Å². The Bertz CT molecular complexity index is 637. The molecule has 1 heterocycles. The van der Waals surface area contributed by atoms with Gasteiger partial charge in [-0.25, -0.2) is 4.79 Å². The van der Waals surface area contributed by atoms with Crippen LogP contribution >= 0.6 is 0 Å². The molecule has 1 aliphatic carbocycles. The molecule has 8 nitrogen and oxygen atoms in total. The molecule has 0 radical (unpaired) electrons. The van der Waals surface area contributed by atoms with Crippen LogP contribution in [0.4, 0.5) is 10.5 Å². The van der Waals surface area contributed by atoms with Gasteiger partial charge in [0, 0.05) is 18.6 Å². The number of aryl methyl sites for hydroxylation is 1. The number of nitrogens with zero attached hydrogens (tertiary/aromatic N) is 3. The van der Waals surface area contributed by atoms with Gasteiger partial charge in [-0.3, -0.25) is 14.4 Å². The van der Waals surface area contributed by atoms with Gasteiger partial charge in [-0.2, -0.15) is 5.10 Å². The summed E-state index contributed by atoms with van der Waals surface area (Å²) in [6.07, 6.45) is 5.43. The average Bonchev–Trinajstić information content (AvgIpc) is 2.96. The normalized spacial score (nSPS) is 19.2. The maximum absolute atomic E-state index is 12.4. The van der Waals surface area contributed by atoms with Crippen LogP contribution in [0.5, 0.6) is 0 Å². The van der Waals surface area contributed by atoms with Crippen LogP contribution in [-0.4, -0.2) is 57.0 Å². The molecule has 0 spiro atoms. The molecule has 1 aromatic heterocycles. The van der Waals surface area contributed by atoms with E-state index in [1.54, 1.807) is 6.20 Å². The van der Waals surface area contributed by atoms with E-state index in [0.717, 1.165) is 43.6 Å². The molecule has 2 rings (SSSR count). The molecule has 0 atom stereocenters. The second kappa shape index (κ2) is 9.73. The predicted molar refractivity (Wildman–Crippen MR) is 105 cm³/mol. The Morgan fingerprint density at radius 2 is 2.07 bits per heavy atom. The molecule has 0 saturated heterocycles. The summed E-state index contributed by atoms with van der Waals surface area (Å²) >= 11 is 0. The number of aliphatic carboxylic acids is 1. The zero-order valence-corrected chi connectivity index (χ0v) is 16.9. The van der Waals surface area contributed by atoms with E-state index in [1.807, 2.05) is 16.5 Å². The summed E-state index contributed by atoms with van der Waals surface area (Å²) in [7, 11) is 0. The third-order valence-corrected chi connectivity index (χ3v) is 5.11. The number of nitrogens with one attached hydrogen (secondary N) is 2. The van der Waals surface area contributed by atoms with E-state index in [1.165, 1.54) is 0 Å². The van der Waals surface area contributed by atoms with E-state index >= 15 is 0 Å². The molecule has 1 aromatic rings. The number of carboxylic acids is 1. The minimum Gasteiger partial charge on any atom is -0.480 e. The number of carbonyl (C=O) groups is 2. The van der Waals surface area contributed by atoms with Crippen LogP contribution in [0.2, 0.25) is 0 Å². The molecule has 1 aliphatic rings. The number of likely N-dealkylation sites (N-methyl/N-ethyl adjacent to an activating group) is 1. The average molecular weight is 380 g/mol. The third-order valence-electron chi connectivity index (χ3n) is 5.11. The molecular weight excluding hydrogens is 346 g/mol. The monoisotopic (exact) mass is 379 g/mol. The summed E-state index contributed by atoms with van der Waals surface area (Å²) in [4.78, 5) is 25.2. The molecule has 0 unspecified atom stereocenters. The molecular formula is C19H33N5O3. The summed E-state index contributed by atoms with van der Waals surface area (Å²) in [5.74, 6) is -0.547. The number of carboxylic acid groups (broad SMARTS) is 1. The number of rotatable bonds is 10. The second-order valence-corrected chi connectivity index (χ2v) is 7.55. The van der Waals surface area contributed by atoms with E-state index in [2.05, 4.69) is 36.5 Å². The first-order chi connectivity index (χ1) is 12.8. The second-order valence-electron chi connectivity index (χ2n) is 7.55. The number of aromatic nitrogens is 2. The van der Waals surface area contributed by atoms with Gasteiger partial charge in [0.15, 0.2) is 0 Å². The summed E-state index contributed by atoms with van der Waals surface area (Å²) in [5.41, 5.74) is 1.80. The largest absolute Gasteiger partial charge is 0.480 e. The maximum atomic E-state index is 12.4. The highest BCUT2D eigenvalue weighted by Gasteiger charge is 2.34. The van der Waals surface area contributed by atoms with Crippen molar-refractivity contribution in [3.8, 4) is 0 Å². The van der Waals surface area contributed by atoms with Gasteiger partial charge in [0.1, 0.15) is 0 Å². The Balaban J connectivity index is 1.86. The van der Waals surface area contributed by atoms with E-state index in [0.29, 0.717) is 6.54 Å². The van der Waals surface area contributed by atoms with Gasteiger partial charge in [0.2, 0.25) is 0 Å². The van der Waals surface area contributed by atoms with Gasteiger partial charge in [-0.05, 0) is 31.7 Å². The first-order valence-corrected chi connectivity index (χ1v) is 9.94. The van der Waals surface area contributed by atoms with Crippen molar-refractivity contribution in [3.05, 3.63) is 11.9 Å². The standard InChI is InChI=1S/C19H33N5O3/c1-5-7-8-24-18(13(3)4)16(11-20-24)22-19(27)21-14-9-15(10-14)23(6-2)12-17(25)26/h11,13-15H,5-10,12H2,1-4H3,(H,25,26)(H2,21,22,27). The molecule has 3 N–H and O–H groups in total. The molecule has 1 fully saturated rings. The van der Waals surface area contributed by atoms with Crippen molar-refractivity contribution >= 4 is 17.7 Å². The lowest BCUT2D eigenvalue weighted by Gasteiger charge is -2.42. The number of anilines is 1. The summed E-state index contributed by atoms with van der Waals surface area (Å²) in [6, 6.07) is 0.0755. The Morgan fingerprint density at radius 1 is 1.37 bits per heavy atom. The highest BCUT2D eigenvalue weighted by atomic mass is 16.4. The van der Waals surface area contributed by atoms with Crippen molar-refractivity contribution in [2.24, 2.45) is 0 Å². The number of carbonyl (C=O) groups excluding carboxylic acids is 1. The Labute approximate surface area is 161 Å². The Kier molecular flexibility index (Phi) is 7.65. The third kappa shape index (κ3) is 5.69. The van der Waals surface area contributed by atoms with Crippen molar-refractivity contribution in [1.29, 1.82) is 0 Å². The predicted octanol–water partition coefficient (Wildman–Crippen LogP) is 2.87. The highest BCUT2D eigenvalue weighted by Crippen LogP contribution is 2.27. The molecule has 27 heavy (non-hydrogen) atoms. The summed E-state index contributed by atoms with van der Waals surface area (Å²) in [5, 5.41) is 19.3. The minimum absolute atomic E-state index is 0.0504. The smallest absolute Gasteiger partial charge is 0.319 e. The molecule has 2 amide bonds. The van der Waals surface area contributed by atoms with Crippen molar-refractivity contribution in [1.82, 2.24) is 20.0 Å². The lowest BCUT2D eigenvalue weighted by molar-refractivity contribution is -0.139. The number of urea groups is 1. The molecule has 0 aliphatic heterocycles. The van der Waals surface area contributed by atoms with Gasteiger partial charge >= 0.3 is 12.0 Å². The lowest BCUT2D eigenvalue weighted by atomic mass is 9.85. The van der Waals surface area contributed by atoms with E-state index in [4.69, 9.17) is 5.11 Å². The van der Waals surface area contributed by atoms with Crippen LogP contribution in [0.3, 0.4) is 0 Å². The number of hydrogen-bond acceptors (Lipinski definition) is 4. The van der Waals surface area contributed by atoms with Gasteiger partial charge < -0.3 is 15.7 Å². The fourth-order valence-electron chi connectivity index (χ4n) is 3.61. The SMILES string of the molecule is CCCCn1ncc(NC(=O)NC2CC(N(CC)CC(=O)O)C2)c1C(C)C. The maximum Gasteiger partial charge on any atom is 0.319 e. The first-order valence-electron chi connectivity index (χ1n) is 9.94. The molecule has 8 heteroatoms. The zero-order valence-electron chi connectivity index (χ0n) is 16.9. The minimum atomic E-state index is -0.813. The van der Waals surface area contributed by atoms with Crippen LogP contribution < -0.4 is 10.6 Å². The summed E-state index contributed by atoms with van der Waals surface area (Å²) in [6.45, 7) is 9.91. The van der Waals surface area contributed by atoms with Gasteiger partial charge in [-0.15, -0.1) is 0 Å². The van der Waals surface area contributed by atoms with E-state index in [9.17, 15) is 9.59 Å². The number of hydrogen-bond donors (Lipinski definition) is 3. The highest BCUT2D eigenvalue weighted by molar-refractivity contribution is 5.90.